The Morgan fingerprint density at radius 2 is 2.00 bits per heavy atom. The summed E-state index contributed by atoms with van der Waals surface area (Å²) >= 11 is 0. The molecular weight excluding hydrogens is 212 g/mol. The van der Waals surface area contributed by atoms with Gasteiger partial charge in [-0.1, -0.05) is 12.1 Å². The van der Waals surface area contributed by atoms with E-state index < -0.39 is 12.0 Å². The third kappa shape index (κ3) is 1.56. The van der Waals surface area contributed by atoms with Crippen LogP contribution in [-0.2, 0) is 0 Å². The number of nitrogens with one attached hydrogen (secondary N) is 1. The molecule has 0 aliphatic heterocycles. The van der Waals surface area contributed by atoms with Crippen molar-refractivity contribution in [3.8, 4) is 0 Å². The molecule has 0 atom stereocenters. The number of carboxylic acid groups (broad SMARTS) is 1. The first-order valence-corrected chi connectivity index (χ1v) is 4.41. The van der Waals surface area contributed by atoms with Crippen LogP contribution in [-0.4, -0.2) is 17.1 Å². The summed E-state index contributed by atoms with van der Waals surface area (Å²) in [4.78, 5) is 21.6. The Morgan fingerprint density at radius 1 is 1.31 bits per heavy atom. The number of para-hydroxylation sites is 1. The van der Waals surface area contributed by atoms with Gasteiger partial charge in [-0.2, -0.15) is 0 Å². The molecule has 0 aliphatic carbocycles. The zero-order chi connectivity index (χ0) is 11.7. The second kappa shape index (κ2) is 3.58. The van der Waals surface area contributed by atoms with E-state index in [1.807, 2.05) is 0 Å². The molecule has 6 heteroatoms. The van der Waals surface area contributed by atoms with Crippen molar-refractivity contribution < 1.29 is 19.1 Å². The van der Waals surface area contributed by atoms with Crippen LogP contribution in [0, 0.1) is 0 Å². The highest BCUT2D eigenvalue weighted by Crippen LogP contribution is 2.30. The number of anilines is 1. The monoisotopic (exact) mass is 220 g/mol. The number of carbonyl (C=O) groups is 2. The van der Waals surface area contributed by atoms with Crippen LogP contribution in [0.2, 0.25) is 0 Å². The number of hydrogen-bond acceptors (Lipinski definition) is 3. The number of rotatable bonds is 2. The first kappa shape index (κ1) is 10.0. The summed E-state index contributed by atoms with van der Waals surface area (Å²) in [5, 5.41) is 11.6. The van der Waals surface area contributed by atoms with Crippen LogP contribution >= 0.6 is 0 Å². The van der Waals surface area contributed by atoms with E-state index in [0.29, 0.717) is 11.0 Å². The predicted molar refractivity (Wildman–Crippen MR) is 56.4 cm³/mol. The van der Waals surface area contributed by atoms with Crippen LogP contribution < -0.4 is 11.1 Å². The number of hydrogen-bond donors (Lipinski definition) is 3. The Hall–Kier alpha value is -2.50. The van der Waals surface area contributed by atoms with Gasteiger partial charge in [-0.25, -0.2) is 9.59 Å². The highest BCUT2D eigenvalue weighted by molar-refractivity contribution is 6.08. The van der Waals surface area contributed by atoms with E-state index in [1.54, 1.807) is 24.3 Å². The van der Waals surface area contributed by atoms with E-state index in [4.69, 9.17) is 15.3 Å². The molecule has 1 aromatic carbocycles. The van der Waals surface area contributed by atoms with E-state index in [1.165, 1.54) is 0 Å². The number of primary amides is 1. The van der Waals surface area contributed by atoms with Crippen molar-refractivity contribution >= 4 is 28.7 Å². The topological polar surface area (TPSA) is 106 Å². The third-order valence-corrected chi connectivity index (χ3v) is 2.04. The van der Waals surface area contributed by atoms with E-state index in [2.05, 4.69) is 5.32 Å². The van der Waals surface area contributed by atoms with Crippen molar-refractivity contribution in [1.29, 1.82) is 0 Å². The van der Waals surface area contributed by atoms with Gasteiger partial charge in [-0.05, 0) is 12.1 Å². The molecule has 1 aromatic heterocycles. The Kier molecular flexibility index (Phi) is 2.24. The van der Waals surface area contributed by atoms with Crippen molar-refractivity contribution in [3.63, 3.8) is 0 Å². The number of carbonyl (C=O) groups excluding carboxylic acids is 1. The van der Waals surface area contributed by atoms with Crippen LogP contribution in [0.25, 0.3) is 11.0 Å². The summed E-state index contributed by atoms with van der Waals surface area (Å²) in [6.07, 6.45) is 0. The quantitative estimate of drug-likeness (QED) is 0.714. The summed E-state index contributed by atoms with van der Waals surface area (Å²) in [5.74, 6) is -1.60. The maximum absolute atomic E-state index is 10.9. The number of nitrogens with two attached hydrogens (primary N) is 1. The number of benzene rings is 1. The van der Waals surface area contributed by atoms with Gasteiger partial charge in [0.05, 0.1) is 0 Å². The first-order valence-electron chi connectivity index (χ1n) is 4.41. The fourth-order valence-electron chi connectivity index (χ4n) is 1.44. The molecular formula is C10H8N2O4. The highest BCUT2D eigenvalue weighted by atomic mass is 16.4. The molecule has 2 rings (SSSR count). The molecule has 0 saturated carbocycles. The molecule has 2 aromatic rings. The lowest BCUT2D eigenvalue weighted by Crippen LogP contribution is -2.20. The fraction of sp³-hybridized carbons (Fsp3) is 0. The van der Waals surface area contributed by atoms with Crippen LogP contribution in [0.3, 0.4) is 0 Å². The molecule has 4 N–H and O–H groups in total. The van der Waals surface area contributed by atoms with Crippen molar-refractivity contribution in [3.05, 3.63) is 30.0 Å². The van der Waals surface area contributed by atoms with Crippen LogP contribution in [0.1, 0.15) is 10.6 Å². The number of urea groups is 1. The van der Waals surface area contributed by atoms with Gasteiger partial charge >= 0.3 is 12.0 Å². The summed E-state index contributed by atoms with van der Waals surface area (Å²) in [6, 6.07) is 5.81. The number of carboxylic acids is 1. The van der Waals surface area contributed by atoms with Gasteiger partial charge < -0.3 is 20.6 Å². The van der Waals surface area contributed by atoms with Gasteiger partial charge in [0.15, 0.2) is 0 Å². The Bertz CT molecular complexity index is 573. The summed E-state index contributed by atoms with van der Waals surface area (Å²) in [5.41, 5.74) is 5.42. The molecule has 0 fully saturated rings. The average molecular weight is 220 g/mol. The van der Waals surface area contributed by atoms with E-state index >= 15 is 0 Å². The molecule has 0 radical (unpaired) electrons. The van der Waals surface area contributed by atoms with Gasteiger partial charge in [0.2, 0.25) is 5.76 Å². The smallest absolute Gasteiger partial charge is 0.374 e. The highest BCUT2D eigenvalue weighted by Gasteiger charge is 2.20. The lowest BCUT2D eigenvalue weighted by atomic mass is 10.2. The second-order valence-electron chi connectivity index (χ2n) is 3.10. The minimum atomic E-state index is -1.26. The standard InChI is InChI=1S/C10H8N2O4/c11-10(15)12-7-5-3-1-2-4-6(5)16-8(7)9(13)14/h1-4H,(H,13,14)(H3,11,12,15). The number of aromatic carboxylic acids is 1. The summed E-state index contributed by atoms with van der Waals surface area (Å²) in [7, 11) is 0. The molecule has 1 heterocycles. The lowest BCUT2D eigenvalue weighted by molar-refractivity contribution is 0.0666. The zero-order valence-electron chi connectivity index (χ0n) is 8.06. The van der Waals surface area contributed by atoms with E-state index in [0.717, 1.165) is 0 Å². The molecule has 2 amide bonds. The largest absolute Gasteiger partial charge is 0.475 e. The molecule has 16 heavy (non-hydrogen) atoms. The summed E-state index contributed by atoms with van der Waals surface area (Å²) < 4.78 is 5.09. The molecule has 0 saturated heterocycles. The van der Waals surface area contributed by atoms with Gasteiger partial charge in [0.1, 0.15) is 11.3 Å². The summed E-state index contributed by atoms with van der Waals surface area (Å²) in [6.45, 7) is 0. The van der Waals surface area contributed by atoms with Gasteiger partial charge in [0, 0.05) is 5.39 Å². The third-order valence-electron chi connectivity index (χ3n) is 2.04. The first-order chi connectivity index (χ1) is 7.59. The van der Waals surface area contributed by atoms with Crippen molar-refractivity contribution in [1.82, 2.24) is 0 Å². The van der Waals surface area contributed by atoms with E-state index in [-0.39, 0.29) is 11.4 Å². The van der Waals surface area contributed by atoms with Crippen molar-refractivity contribution in [2.75, 3.05) is 5.32 Å². The Labute approximate surface area is 89.6 Å². The predicted octanol–water partition coefficient (Wildman–Crippen LogP) is 1.62. The second-order valence-corrected chi connectivity index (χ2v) is 3.10. The molecule has 0 bridgehead atoms. The van der Waals surface area contributed by atoms with Crippen LogP contribution in [0.4, 0.5) is 10.5 Å². The van der Waals surface area contributed by atoms with Crippen LogP contribution in [0.5, 0.6) is 0 Å². The van der Waals surface area contributed by atoms with Crippen molar-refractivity contribution in [2.45, 2.75) is 0 Å². The number of amides is 2. The number of furan rings is 1. The van der Waals surface area contributed by atoms with Gasteiger partial charge in [-0.15, -0.1) is 0 Å². The van der Waals surface area contributed by atoms with E-state index in [9.17, 15) is 9.59 Å². The molecule has 82 valence electrons. The Morgan fingerprint density at radius 3 is 2.62 bits per heavy atom. The number of fused-ring (bicyclic) bond motifs is 1. The van der Waals surface area contributed by atoms with Gasteiger partial charge in [-0.3, -0.25) is 0 Å². The maximum Gasteiger partial charge on any atom is 0.374 e. The van der Waals surface area contributed by atoms with Gasteiger partial charge in [0.25, 0.3) is 0 Å². The zero-order valence-corrected chi connectivity index (χ0v) is 8.06. The van der Waals surface area contributed by atoms with Crippen molar-refractivity contribution in [2.24, 2.45) is 5.73 Å². The molecule has 6 nitrogen and oxygen atoms in total. The minimum absolute atomic E-state index is 0.0793. The average Bonchev–Trinajstić information content (AvgIpc) is 2.57. The Balaban J connectivity index is 2.69. The normalized spacial score (nSPS) is 10.2. The molecule has 0 aliphatic rings. The molecule has 0 spiro atoms. The fourth-order valence-corrected chi connectivity index (χ4v) is 1.44. The van der Waals surface area contributed by atoms with Crippen LogP contribution in [0.15, 0.2) is 28.7 Å². The maximum atomic E-state index is 10.9. The SMILES string of the molecule is NC(=O)Nc1c(C(=O)O)oc2ccccc12. The lowest BCUT2D eigenvalue weighted by Gasteiger charge is -1.99. The molecule has 0 unspecified atom stereocenters. The minimum Gasteiger partial charge on any atom is -0.475 e.